The van der Waals surface area contributed by atoms with Crippen molar-refractivity contribution in [1.82, 2.24) is 0 Å². The maximum absolute atomic E-state index is 6.08. The first kappa shape index (κ1) is 14.4. The van der Waals surface area contributed by atoms with Crippen LogP contribution in [-0.4, -0.2) is 0 Å². The molecule has 2 aromatic carbocycles. The molecular formula is C18H24N2. The normalized spacial score (nSPS) is 12.3. The van der Waals surface area contributed by atoms with Crippen molar-refractivity contribution < 1.29 is 0 Å². The average Bonchev–Trinajstić information content (AvgIpc) is 2.45. The molecule has 20 heavy (non-hydrogen) atoms. The molecule has 2 heteroatoms. The minimum atomic E-state index is 0.288. The summed E-state index contributed by atoms with van der Waals surface area (Å²) in [6.45, 7) is 4.41. The highest BCUT2D eigenvalue weighted by Gasteiger charge is 2.11. The number of benzene rings is 2. The molecular weight excluding hydrogens is 244 g/mol. The lowest BCUT2D eigenvalue weighted by molar-refractivity contribution is 0.794. The van der Waals surface area contributed by atoms with Gasteiger partial charge in [0.05, 0.1) is 0 Å². The van der Waals surface area contributed by atoms with Crippen molar-refractivity contribution in [3.05, 3.63) is 59.2 Å². The molecule has 2 aromatic rings. The number of unbranched alkanes of at least 4 members (excludes halogenated alkanes) is 1. The van der Waals surface area contributed by atoms with Crippen molar-refractivity contribution >= 4 is 11.4 Å². The SMILES string of the molecule is CCCCc1ccc(C(C)c2ccc(N)cc2N)cc1. The first-order chi connectivity index (χ1) is 9.61. The standard InChI is InChI=1S/C18H24N2/c1-3-4-5-14-6-8-15(9-7-14)13(2)17-11-10-16(19)12-18(17)20/h6-13H,3-5,19-20H2,1-2H3. The summed E-state index contributed by atoms with van der Waals surface area (Å²) in [4.78, 5) is 0. The fraction of sp³-hybridized carbons (Fsp3) is 0.333. The molecule has 0 amide bonds. The van der Waals surface area contributed by atoms with Gasteiger partial charge >= 0.3 is 0 Å². The van der Waals surface area contributed by atoms with Gasteiger partial charge in [-0.05, 0) is 41.7 Å². The molecule has 1 unspecified atom stereocenters. The van der Waals surface area contributed by atoms with Crippen LogP contribution in [0, 0.1) is 0 Å². The number of nitrogens with two attached hydrogens (primary N) is 2. The van der Waals surface area contributed by atoms with Gasteiger partial charge in [0.15, 0.2) is 0 Å². The summed E-state index contributed by atoms with van der Waals surface area (Å²) in [5, 5.41) is 0. The highest BCUT2D eigenvalue weighted by molar-refractivity contribution is 5.59. The molecule has 1 atom stereocenters. The van der Waals surface area contributed by atoms with Crippen LogP contribution in [0.2, 0.25) is 0 Å². The maximum Gasteiger partial charge on any atom is 0.0373 e. The fourth-order valence-electron chi connectivity index (χ4n) is 2.52. The number of anilines is 2. The summed E-state index contributed by atoms with van der Waals surface area (Å²) in [6, 6.07) is 14.7. The second kappa shape index (κ2) is 6.47. The second-order valence-electron chi connectivity index (χ2n) is 5.46. The Kier molecular flexibility index (Phi) is 4.67. The molecule has 2 nitrogen and oxygen atoms in total. The topological polar surface area (TPSA) is 52.0 Å². The van der Waals surface area contributed by atoms with Crippen LogP contribution in [0.3, 0.4) is 0 Å². The zero-order chi connectivity index (χ0) is 14.5. The van der Waals surface area contributed by atoms with Crippen molar-refractivity contribution in [3.8, 4) is 0 Å². The number of hydrogen-bond acceptors (Lipinski definition) is 2. The van der Waals surface area contributed by atoms with Crippen LogP contribution in [-0.2, 0) is 6.42 Å². The van der Waals surface area contributed by atoms with Crippen molar-refractivity contribution in [3.63, 3.8) is 0 Å². The Bertz CT molecular complexity index is 558. The molecule has 2 rings (SSSR count). The third-order valence-electron chi connectivity index (χ3n) is 3.88. The lowest BCUT2D eigenvalue weighted by Gasteiger charge is -2.16. The van der Waals surface area contributed by atoms with E-state index in [4.69, 9.17) is 11.5 Å². The van der Waals surface area contributed by atoms with Crippen molar-refractivity contribution in [2.24, 2.45) is 0 Å². The molecule has 0 bridgehead atoms. The van der Waals surface area contributed by atoms with Crippen LogP contribution in [0.1, 0.15) is 49.3 Å². The van der Waals surface area contributed by atoms with Crippen molar-refractivity contribution in [2.45, 2.75) is 39.0 Å². The Labute approximate surface area is 121 Å². The molecule has 0 spiro atoms. The zero-order valence-corrected chi connectivity index (χ0v) is 12.4. The van der Waals surface area contributed by atoms with Crippen LogP contribution < -0.4 is 11.5 Å². The number of rotatable bonds is 5. The van der Waals surface area contributed by atoms with Gasteiger partial charge in [0, 0.05) is 17.3 Å². The largest absolute Gasteiger partial charge is 0.399 e. The summed E-state index contributed by atoms with van der Waals surface area (Å²) in [7, 11) is 0. The van der Waals surface area contributed by atoms with Crippen LogP contribution in [0.5, 0.6) is 0 Å². The minimum Gasteiger partial charge on any atom is -0.399 e. The smallest absolute Gasteiger partial charge is 0.0373 e. The highest BCUT2D eigenvalue weighted by atomic mass is 14.6. The average molecular weight is 268 g/mol. The Hall–Kier alpha value is -1.96. The van der Waals surface area contributed by atoms with E-state index in [2.05, 4.69) is 38.1 Å². The van der Waals surface area contributed by atoms with Gasteiger partial charge in [0.25, 0.3) is 0 Å². The van der Waals surface area contributed by atoms with Crippen LogP contribution >= 0.6 is 0 Å². The van der Waals surface area contributed by atoms with Gasteiger partial charge in [0.1, 0.15) is 0 Å². The first-order valence-electron chi connectivity index (χ1n) is 7.35. The first-order valence-corrected chi connectivity index (χ1v) is 7.35. The van der Waals surface area contributed by atoms with Crippen LogP contribution in [0.25, 0.3) is 0 Å². The van der Waals surface area contributed by atoms with E-state index in [0.717, 1.165) is 17.7 Å². The Morgan fingerprint density at radius 1 is 1.00 bits per heavy atom. The molecule has 4 N–H and O–H groups in total. The molecule has 0 heterocycles. The van der Waals surface area contributed by atoms with E-state index in [-0.39, 0.29) is 5.92 Å². The van der Waals surface area contributed by atoms with Gasteiger partial charge in [-0.25, -0.2) is 0 Å². The molecule has 106 valence electrons. The Balaban J connectivity index is 2.18. The highest BCUT2D eigenvalue weighted by Crippen LogP contribution is 2.30. The van der Waals surface area contributed by atoms with Crippen molar-refractivity contribution in [1.29, 1.82) is 0 Å². The van der Waals surface area contributed by atoms with E-state index in [9.17, 15) is 0 Å². The minimum absolute atomic E-state index is 0.288. The van der Waals surface area contributed by atoms with E-state index < -0.39 is 0 Å². The third-order valence-corrected chi connectivity index (χ3v) is 3.88. The van der Waals surface area contributed by atoms with E-state index in [1.54, 1.807) is 0 Å². The van der Waals surface area contributed by atoms with E-state index in [1.807, 2.05) is 18.2 Å². The van der Waals surface area contributed by atoms with Crippen molar-refractivity contribution in [2.75, 3.05) is 11.5 Å². The summed E-state index contributed by atoms with van der Waals surface area (Å²) in [5.41, 5.74) is 17.2. The predicted molar refractivity (Wildman–Crippen MR) is 87.8 cm³/mol. The summed E-state index contributed by atoms with van der Waals surface area (Å²) in [5.74, 6) is 0.288. The molecule has 0 saturated carbocycles. The number of aryl methyl sites for hydroxylation is 1. The molecule has 0 aromatic heterocycles. The van der Waals surface area contributed by atoms with Gasteiger partial charge in [-0.15, -0.1) is 0 Å². The second-order valence-corrected chi connectivity index (χ2v) is 5.46. The Morgan fingerprint density at radius 3 is 2.30 bits per heavy atom. The molecule has 0 aliphatic rings. The van der Waals surface area contributed by atoms with E-state index >= 15 is 0 Å². The third kappa shape index (κ3) is 3.32. The number of nitrogen functional groups attached to an aromatic ring is 2. The molecule has 0 fully saturated rings. The number of hydrogen-bond donors (Lipinski definition) is 2. The maximum atomic E-state index is 6.08. The Morgan fingerprint density at radius 2 is 1.70 bits per heavy atom. The van der Waals surface area contributed by atoms with Crippen LogP contribution in [0.15, 0.2) is 42.5 Å². The quantitative estimate of drug-likeness (QED) is 0.792. The summed E-state index contributed by atoms with van der Waals surface area (Å²) >= 11 is 0. The lowest BCUT2D eigenvalue weighted by Crippen LogP contribution is -2.02. The fourth-order valence-corrected chi connectivity index (χ4v) is 2.52. The van der Waals surface area contributed by atoms with Gasteiger partial charge in [-0.3, -0.25) is 0 Å². The lowest BCUT2D eigenvalue weighted by atomic mass is 9.91. The van der Waals surface area contributed by atoms with Gasteiger partial charge < -0.3 is 11.5 Å². The van der Waals surface area contributed by atoms with Gasteiger partial charge in [-0.1, -0.05) is 50.6 Å². The monoisotopic (exact) mass is 268 g/mol. The zero-order valence-electron chi connectivity index (χ0n) is 12.4. The predicted octanol–water partition coefficient (Wildman–Crippen LogP) is 4.35. The molecule has 0 radical (unpaired) electrons. The summed E-state index contributed by atoms with van der Waals surface area (Å²) in [6.07, 6.45) is 3.65. The van der Waals surface area contributed by atoms with E-state index in [0.29, 0.717) is 5.69 Å². The van der Waals surface area contributed by atoms with Gasteiger partial charge in [-0.2, -0.15) is 0 Å². The van der Waals surface area contributed by atoms with Gasteiger partial charge in [0.2, 0.25) is 0 Å². The summed E-state index contributed by atoms with van der Waals surface area (Å²) < 4.78 is 0. The van der Waals surface area contributed by atoms with Crippen LogP contribution in [0.4, 0.5) is 11.4 Å². The molecule has 0 saturated heterocycles. The van der Waals surface area contributed by atoms with E-state index in [1.165, 1.54) is 24.0 Å². The molecule has 0 aliphatic carbocycles. The molecule has 0 aliphatic heterocycles.